The van der Waals surface area contributed by atoms with E-state index in [9.17, 15) is 14.8 Å². The minimum absolute atomic E-state index is 0.00701. The summed E-state index contributed by atoms with van der Waals surface area (Å²) < 4.78 is 0.937. The first-order chi connectivity index (χ1) is 15.4. The molecule has 160 valence electrons. The van der Waals surface area contributed by atoms with E-state index in [2.05, 4.69) is 0 Å². The molecule has 1 aliphatic carbocycles. The highest BCUT2D eigenvalue weighted by molar-refractivity contribution is 6.42. The van der Waals surface area contributed by atoms with Gasteiger partial charge >= 0.3 is 0 Å². The molecule has 0 radical (unpaired) electrons. The maximum Gasteiger partial charge on any atom is 0.200 e. The Bertz CT molecular complexity index is 1450. The fraction of sp³-hybridized carbons (Fsp3) is 0.120. The van der Waals surface area contributed by atoms with Gasteiger partial charge in [-0.15, -0.1) is 0 Å². The molecule has 2 unspecified atom stereocenters. The van der Waals surface area contributed by atoms with Crippen LogP contribution in [0.15, 0.2) is 71.5 Å². The van der Waals surface area contributed by atoms with Gasteiger partial charge in [-0.2, -0.15) is 4.73 Å². The standard InChI is InChI=1S/C25H16Cl3NO3/c26-15-7-9-20-17(11-15)24(30)23-21(29(20)32)12-16(14-6-8-18(27)19(28)10-14)22(25(23)31)13-4-2-1-3-5-13/h1-11,16,22,32H,12H2. The molecule has 0 saturated heterocycles. The number of carbonyl (C=O) groups excluding carboxylic acids is 1. The van der Waals surface area contributed by atoms with Crippen LogP contribution in [0, 0.1) is 0 Å². The third kappa shape index (κ3) is 3.30. The number of hydrogen-bond acceptors (Lipinski definition) is 3. The molecule has 1 heterocycles. The summed E-state index contributed by atoms with van der Waals surface area (Å²) in [6.45, 7) is 0. The molecule has 0 aliphatic heterocycles. The molecule has 1 aromatic heterocycles. The normalized spacial score (nSPS) is 18.0. The van der Waals surface area contributed by atoms with Gasteiger partial charge in [0.2, 0.25) is 5.43 Å². The van der Waals surface area contributed by atoms with Gasteiger partial charge < -0.3 is 5.21 Å². The van der Waals surface area contributed by atoms with E-state index in [1.165, 1.54) is 6.07 Å². The highest BCUT2D eigenvalue weighted by atomic mass is 35.5. The van der Waals surface area contributed by atoms with Crippen LogP contribution in [0.3, 0.4) is 0 Å². The van der Waals surface area contributed by atoms with E-state index in [1.54, 1.807) is 24.3 Å². The Morgan fingerprint density at radius 2 is 1.59 bits per heavy atom. The lowest BCUT2D eigenvalue weighted by molar-refractivity contribution is 0.0918. The number of pyridine rings is 1. The molecule has 1 aliphatic rings. The number of rotatable bonds is 2. The molecule has 4 nitrogen and oxygen atoms in total. The van der Waals surface area contributed by atoms with Crippen molar-refractivity contribution < 1.29 is 10.0 Å². The monoisotopic (exact) mass is 483 g/mol. The summed E-state index contributed by atoms with van der Waals surface area (Å²) in [5.74, 6) is -1.32. The second-order valence-corrected chi connectivity index (χ2v) is 9.11. The predicted octanol–water partition coefficient (Wildman–Crippen LogP) is 6.51. The molecular weight excluding hydrogens is 469 g/mol. The van der Waals surface area contributed by atoms with Gasteiger partial charge in [-0.25, -0.2) is 0 Å². The highest BCUT2D eigenvalue weighted by Crippen LogP contribution is 2.43. The summed E-state index contributed by atoms with van der Waals surface area (Å²) in [7, 11) is 0. The van der Waals surface area contributed by atoms with Crippen molar-refractivity contribution in [2.24, 2.45) is 0 Å². The lowest BCUT2D eigenvalue weighted by Gasteiger charge is -2.33. The quantitative estimate of drug-likeness (QED) is 0.330. The topological polar surface area (TPSA) is 59.3 Å². The Morgan fingerprint density at radius 1 is 0.844 bits per heavy atom. The van der Waals surface area contributed by atoms with Crippen LogP contribution in [-0.2, 0) is 6.42 Å². The molecule has 7 heteroatoms. The number of fused-ring (bicyclic) bond motifs is 2. The Balaban J connectivity index is 1.80. The predicted molar refractivity (Wildman–Crippen MR) is 127 cm³/mol. The largest absolute Gasteiger partial charge is 0.428 e. The van der Waals surface area contributed by atoms with Gasteiger partial charge in [0, 0.05) is 10.9 Å². The van der Waals surface area contributed by atoms with E-state index < -0.39 is 11.3 Å². The number of Topliss-reactive ketones (excluding diaryl/α,β-unsaturated/α-hetero) is 1. The second-order valence-electron chi connectivity index (χ2n) is 7.86. The molecule has 0 fully saturated rings. The van der Waals surface area contributed by atoms with E-state index in [0.29, 0.717) is 20.6 Å². The molecule has 32 heavy (non-hydrogen) atoms. The van der Waals surface area contributed by atoms with Gasteiger partial charge in [0.05, 0.1) is 38.1 Å². The van der Waals surface area contributed by atoms with Crippen LogP contribution in [0.4, 0.5) is 0 Å². The molecule has 2 atom stereocenters. The van der Waals surface area contributed by atoms with E-state index >= 15 is 0 Å². The fourth-order valence-corrected chi connectivity index (χ4v) is 5.07. The second kappa shape index (κ2) is 7.96. The number of hydrogen-bond donors (Lipinski definition) is 1. The van der Waals surface area contributed by atoms with Crippen molar-refractivity contribution in [3.05, 3.63) is 114 Å². The summed E-state index contributed by atoms with van der Waals surface area (Å²) in [5, 5.41) is 12.3. The first-order valence-electron chi connectivity index (χ1n) is 9.97. The molecule has 0 spiro atoms. The molecule has 1 N–H and O–H groups in total. The number of nitrogens with zero attached hydrogens (tertiary/aromatic N) is 1. The van der Waals surface area contributed by atoms with Crippen LogP contribution >= 0.6 is 34.8 Å². The van der Waals surface area contributed by atoms with Crippen LogP contribution in [0.5, 0.6) is 0 Å². The van der Waals surface area contributed by atoms with Gasteiger partial charge in [0.15, 0.2) is 5.78 Å². The van der Waals surface area contributed by atoms with Crippen molar-refractivity contribution in [2.45, 2.75) is 18.3 Å². The van der Waals surface area contributed by atoms with E-state index in [-0.39, 0.29) is 34.8 Å². The zero-order valence-corrected chi connectivity index (χ0v) is 18.8. The van der Waals surface area contributed by atoms with Crippen molar-refractivity contribution in [2.75, 3.05) is 0 Å². The maximum atomic E-state index is 13.8. The summed E-state index contributed by atoms with van der Waals surface area (Å²) in [4.78, 5) is 27.2. The number of carbonyl (C=O) groups is 1. The number of ketones is 1. The summed E-state index contributed by atoms with van der Waals surface area (Å²) in [5.41, 5.74) is 1.73. The first kappa shape index (κ1) is 21.1. The van der Waals surface area contributed by atoms with E-state index in [4.69, 9.17) is 34.8 Å². The molecular formula is C25H16Cl3NO3. The number of benzene rings is 3. The molecule has 0 bridgehead atoms. The van der Waals surface area contributed by atoms with Crippen molar-refractivity contribution >= 4 is 51.5 Å². The third-order valence-electron chi connectivity index (χ3n) is 6.08. The van der Waals surface area contributed by atoms with Gasteiger partial charge in [-0.1, -0.05) is 71.2 Å². The lowest BCUT2D eigenvalue weighted by atomic mass is 9.70. The van der Waals surface area contributed by atoms with E-state index in [1.807, 2.05) is 36.4 Å². The Morgan fingerprint density at radius 3 is 2.31 bits per heavy atom. The van der Waals surface area contributed by atoms with Gasteiger partial charge in [0.1, 0.15) is 0 Å². The molecule has 0 amide bonds. The Kier molecular flexibility index (Phi) is 5.25. The summed E-state index contributed by atoms with van der Waals surface area (Å²) in [6.07, 6.45) is 0.267. The van der Waals surface area contributed by atoms with Gasteiger partial charge in [0.25, 0.3) is 0 Å². The van der Waals surface area contributed by atoms with Crippen molar-refractivity contribution in [3.63, 3.8) is 0 Å². The minimum atomic E-state index is -0.620. The zero-order valence-electron chi connectivity index (χ0n) is 16.6. The Labute approximate surface area is 198 Å². The van der Waals surface area contributed by atoms with Gasteiger partial charge in [-0.05, 0) is 47.9 Å². The average Bonchev–Trinajstić information content (AvgIpc) is 2.79. The smallest absolute Gasteiger partial charge is 0.200 e. The number of aromatic nitrogens is 1. The van der Waals surface area contributed by atoms with Crippen molar-refractivity contribution in [3.8, 4) is 0 Å². The van der Waals surface area contributed by atoms with Crippen molar-refractivity contribution in [1.29, 1.82) is 0 Å². The van der Waals surface area contributed by atoms with Crippen LogP contribution in [0.1, 0.15) is 39.0 Å². The van der Waals surface area contributed by atoms with E-state index in [0.717, 1.165) is 15.9 Å². The fourth-order valence-electron chi connectivity index (χ4n) is 4.60. The molecule has 4 aromatic rings. The highest BCUT2D eigenvalue weighted by Gasteiger charge is 2.41. The SMILES string of the molecule is O=C1c2c(n(O)c3ccc(Cl)cc3c2=O)CC(c2ccc(Cl)c(Cl)c2)C1c1ccccc1. The molecule has 3 aromatic carbocycles. The third-order valence-corrected chi connectivity index (χ3v) is 7.05. The van der Waals surface area contributed by atoms with Crippen LogP contribution in [0.25, 0.3) is 10.9 Å². The van der Waals surface area contributed by atoms with Crippen LogP contribution in [0.2, 0.25) is 15.1 Å². The van der Waals surface area contributed by atoms with Crippen molar-refractivity contribution in [1.82, 2.24) is 4.73 Å². The van der Waals surface area contributed by atoms with Crippen LogP contribution < -0.4 is 5.43 Å². The number of halogens is 3. The molecule has 0 saturated carbocycles. The zero-order chi connectivity index (χ0) is 22.6. The summed E-state index contributed by atoms with van der Waals surface area (Å²) >= 11 is 18.5. The van der Waals surface area contributed by atoms with Crippen LogP contribution in [-0.4, -0.2) is 15.7 Å². The molecule has 5 rings (SSSR count). The first-order valence-corrected chi connectivity index (χ1v) is 11.1. The van der Waals surface area contributed by atoms with Gasteiger partial charge in [-0.3, -0.25) is 9.59 Å². The summed E-state index contributed by atoms with van der Waals surface area (Å²) in [6, 6.07) is 19.2. The lowest BCUT2D eigenvalue weighted by Crippen LogP contribution is -2.36. The average molecular weight is 485 g/mol. The maximum absolute atomic E-state index is 13.8. The Hall–Kier alpha value is -2.79. The minimum Gasteiger partial charge on any atom is -0.428 e.